The molecular formula is C9H16N4O. The summed E-state index contributed by atoms with van der Waals surface area (Å²) in [5.41, 5.74) is 6.84. The molecule has 1 aliphatic heterocycles. The van der Waals surface area contributed by atoms with Crippen molar-refractivity contribution in [1.82, 2.24) is 15.0 Å². The highest BCUT2D eigenvalue weighted by molar-refractivity contribution is 5.01. The van der Waals surface area contributed by atoms with Crippen molar-refractivity contribution in [2.24, 2.45) is 5.73 Å². The Morgan fingerprint density at radius 1 is 1.57 bits per heavy atom. The van der Waals surface area contributed by atoms with Crippen LogP contribution in [0.25, 0.3) is 0 Å². The minimum absolute atomic E-state index is 0.00663. The third-order valence-corrected chi connectivity index (χ3v) is 2.61. The van der Waals surface area contributed by atoms with Crippen LogP contribution >= 0.6 is 0 Å². The largest absolute Gasteiger partial charge is 0.381 e. The molecule has 0 unspecified atom stereocenters. The highest BCUT2D eigenvalue weighted by atomic mass is 16.5. The first-order chi connectivity index (χ1) is 6.79. The molecule has 0 spiro atoms. The Hall–Kier alpha value is -0.940. The van der Waals surface area contributed by atoms with Crippen molar-refractivity contribution in [2.75, 3.05) is 13.2 Å². The van der Waals surface area contributed by atoms with Crippen molar-refractivity contribution in [3.05, 3.63) is 11.9 Å². The van der Waals surface area contributed by atoms with Crippen molar-refractivity contribution < 1.29 is 4.74 Å². The second kappa shape index (κ2) is 4.06. The predicted octanol–water partition coefficient (Wildman–Crippen LogP) is 0.649. The molecule has 0 radical (unpaired) electrons. The summed E-state index contributed by atoms with van der Waals surface area (Å²) in [5.74, 6) is 0. The van der Waals surface area contributed by atoms with Gasteiger partial charge in [-0.1, -0.05) is 5.21 Å². The first-order valence-corrected chi connectivity index (χ1v) is 5.02. The van der Waals surface area contributed by atoms with Crippen molar-refractivity contribution in [2.45, 2.75) is 31.8 Å². The van der Waals surface area contributed by atoms with E-state index in [0.717, 1.165) is 31.7 Å². The summed E-state index contributed by atoms with van der Waals surface area (Å²) in [7, 11) is 0. The van der Waals surface area contributed by atoms with E-state index in [-0.39, 0.29) is 6.04 Å². The molecule has 5 nitrogen and oxygen atoms in total. The van der Waals surface area contributed by atoms with Gasteiger partial charge in [0, 0.05) is 19.3 Å². The zero-order chi connectivity index (χ0) is 9.97. The number of hydrogen-bond acceptors (Lipinski definition) is 4. The summed E-state index contributed by atoms with van der Waals surface area (Å²) in [6.45, 7) is 3.57. The molecule has 78 valence electrons. The molecule has 14 heavy (non-hydrogen) atoms. The van der Waals surface area contributed by atoms with E-state index < -0.39 is 0 Å². The van der Waals surface area contributed by atoms with E-state index in [2.05, 4.69) is 10.3 Å². The molecule has 1 atom stereocenters. The van der Waals surface area contributed by atoms with Gasteiger partial charge in [0.05, 0.1) is 17.9 Å². The molecule has 0 saturated carbocycles. The fourth-order valence-corrected chi connectivity index (χ4v) is 1.79. The van der Waals surface area contributed by atoms with Crippen molar-refractivity contribution in [3.8, 4) is 0 Å². The average Bonchev–Trinajstić information content (AvgIpc) is 2.67. The van der Waals surface area contributed by atoms with Crippen molar-refractivity contribution in [3.63, 3.8) is 0 Å². The third kappa shape index (κ3) is 1.78. The van der Waals surface area contributed by atoms with Gasteiger partial charge in [-0.2, -0.15) is 0 Å². The van der Waals surface area contributed by atoms with Gasteiger partial charge in [-0.25, -0.2) is 4.68 Å². The lowest BCUT2D eigenvalue weighted by Gasteiger charge is -2.24. The highest BCUT2D eigenvalue weighted by Gasteiger charge is 2.20. The molecule has 2 rings (SSSR count). The number of aromatic nitrogens is 3. The lowest BCUT2D eigenvalue weighted by molar-refractivity contribution is 0.0646. The number of nitrogens with two attached hydrogens (primary N) is 1. The molecule has 2 heterocycles. The fraction of sp³-hybridized carbons (Fsp3) is 0.778. The molecule has 0 bridgehead atoms. The summed E-state index contributed by atoms with van der Waals surface area (Å²) in [6, 6.07) is 0.403. The molecule has 0 amide bonds. The molecule has 5 heteroatoms. The molecule has 1 aromatic rings. The Kier molecular flexibility index (Phi) is 2.79. The van der Waals surface area contributed by atoms with E-state index in [4.69, 9.17) is 10.5 Å². The standard InChI is InChI=1S/C9H16N4O/c1-7(10)9-6-11-12-13(9)8-2-4-14-5-3-8/h6-8H,2-5,10H2,1H3/t7-/m0/s1. The molecule has 1 aliphatic rings. The Labute approximate surface area is 83.2 Å². The number of ether oxygens (including phenoxy) is 1. The van der Waals surface area contributed by atoms with E-state index in [1.165, 1.54) is 0 Å². The van der Waals surface area contributed by atoms with E-state index in [1.54, 1.807) is 6.20 Å². The molecule has 1 saturated heterocycles. The number of nitrogens with zero attached hydrogens (tertiary/aromatic N) is 3. The van der Waals surface area contributed by atoms with Crippen LogP contribution in [0.2, 0.25) is 0 Å². The predicted molar refractivity (Wildman–Crippen MR) is 51.7 cm³/mol. The maximum Gasteiger partial charge on any atom is 0.0754 e. The summed E-state index contributed by atoms with van der Waals surface area (Å²) in [4.78, 5) is 0. The Balaban J connectivity index is 2.17. The molecule has 1 fully saturated rings. The highest BCUT2D eigenvalue weighted by Crippen LogP contribution is 2.22. The van der Waals surface area contributed by atoms with Crippen molar-refractivity contribution in [1.29, 1.82) is 0 Å². The van der Waals surface area contributed by atoms with Crippen LogP contribution in [0.3, 0.4) is 0 Å². The Bertz CT molecular complexity index is 291. The van der Waals surface area contributed by atoms with Crippen molar-refractivity contribution >= 4 is 0 Å². The number of hydrogen-bond donors (Lipinski definition) is 1. The summed E-state index contributed by atoms with van der Waals surface area (Å²) in [5, 5.41) is 8.00. The lowest BCUT2D eigenvalue weighted by atomic mass is 10.1. The second-order valence-corrected chi connectivity index (χ2v) is 3.74. The van der Waals surface area contributed by atoms with Crippen LogP contribution < -0.4 is 5.73 Å². The summed E-state index contributed by atoms with van der Waals surface area (Å²) < 4.78 is 7.26. The van der Waals surface area contributed by atoms with Crippen LogP contribution in [0.15, 0.2) is 6.20 Å². The van der Waals surface area contributed by atoms with Crippen LogP contribution in [0, 0.1) is 0 Å². The second-order valence-electron chi connectivity index (χ2n) is 3.74. The van der Waals surface area contributed by atoms with Gasteiger partial charge in [-0.15, -0.1) is 5.10 Å². The van der Waals surface area contributed by atoms with Crippen LogP contribution in [0.4, 0.5) is 0 Å². The van der Waals surface area contributed by atoms with Gasteiger partial charge in [-0.3, -0.25) is 0 Å². The Morgan fingerprint density at radius 2 is 2.29 bits per heavy atom. The first-order valence-electron chi connectivity index (χ1n) is 5.02. The zero-order valence-electron chi connectivity index (χ0n) is 8.39. The van der Waals surface area contributed by atoms with Gasteiger partial charge in [0.25, 0.3) is 0 Å². The fourth-order valence-electron chi connectivity index (χ4n) is 1.79. The minimum Gasteiger partial charge on any atom is -0.381 e. The zero-order valence-corrected chi connectivity index (χ0v) is 8.39. The van der Waals surface area contributed by atoms with E-state index in [9.17, 15) is 0 Å². The summed E-state index contributed by atoms with van der Waals surface area (Å²) in [6.07, 6.45) is 3.76. The topological polar surface area (TPSA) is 66.0 Å². The van der Waals surface area contributed by atoms with Crippen LogP contribution in [-0.4, -0.2) is 28.2 Å². The third-order valence-electron chi connectivity index (χ3n) is 2.61. The van der Waals surface area contributed by atoms with Gasteiger partial charge < -0.3 is 10.5 Å². The van der Waals surface area contributed by atoms with Gasteiger partial charge in [0.15, 0.2) is 0 Å². The van der Waals surface area contributed by atoms with Crippen LogP contribution in [0.5, 0.6) is 0 Å². The maximum absolute atomic E-state index is 5.83. The summed E-state index contributed by atoms with van der Waals surface area (Å²) >= 11 is 0. The van der Waals surface area contributed by atoms with Gasteiger partial charge in [-0.05, 0) is 19.8 Å². The van der Waals surface area contributed by atoms with E-state index in [0.29, 0.717) is 6.04 Å². The van der Waals surface area contributed by atoms with Crippen LogP contribution in [-0.2, 0) is 4.74 Å². The number of rotatable bonds is 2. The minimum atomic E-state index is -0.00663. The molecule has 2 N–H and O–H groups in total. The quantitative estimate of drug-likeness (QED) is 0.754. The lowest BCUT2D eigenvalue weighted by Crippen LogP contribution is -2.24. The molecule has 1 aromatic heterocycles. The Morgan fingerprint density at radius 3 is 2.93 bits per heavy atom. The molecule has 0 aromatic carbocycles. The maximum atomic E-state index is 5.83. The monoisotopic (exact) mass is 196 g/mol. The van der Waals surface area contributed by atoms with Crippen LogP contribution in [0.1, 0.15) is 37.5 Å². The van der Waals surface area contributed by atoms with Gasteiger partial charge in [0.1, 0.15) is 0 Å². The normalized spacial score (nSPS) is 21.0. The SMILES string of the molecule is C[C@H](N)c1cnnn1C1CCOCC1. The molecular weight excluding hydrogens is 180 g/mol. The molecule has 0 aliphatic carbocycles. The van der Waals surface area contributed by atoms with E-state index in [1.807, 2.05) is 11.6 Å². The van der Waals surface area contributed by atoms with Gasteiger partial charge >= 0.3 is 0 Å². The smallest absolute Gasteiger partial charge is 0.0754 e. The van der Waals surface area contributed by atoms with Gasteiger partial charge in [0.2, 0.25) is 0 Å². The first kappa shape index (κ1) is 9.61. The van der Waals surface area contributed by atoms with E-state index >= 15 is 0 Å². The average molecular weight is 196 g/mol.